The standard InChI is InChI=1S/C16H18F3N3/c1-21-7-2-8-22(10-9-21)15-5-6-20-14-11-12(16(17,18)19)3-4-13(14)15/h3-6,11H,2,7-10H2,1H3. The maximum absolute atomic E-state index is 12.8. The fourth-order valence-electron chi connectivity index (χ4n) is 2.87. The molecule has 1 aromatic carbocycles. The van der Waals surface area contributed by atoms with Crippen molar-refractivity contribution in [1.29, 1.82) is 0 Å². The SMILES string of the molecule is CN1CCCN(c2ccnc3cc(C(F)(F)F)ccc23)CC1. The monoisotopic (exact) mass is 309 g/mol. The zero-order valence-electron chi connectivity index (χ0n) is 12.4. The summed E-state index contributed by atoms with van der Waals surface area (Å²) in [4.78, 5) is 8.62. The van der Waals surface area contributed by atoms with Gasteiger partial charge in [0.1, 0.15) is 0 Å². The van der Waals surface area contributed by atoms with Gasteiger partial charge in [-0.05, 0) is 38.2 Å². The second-order valence-corrected chi connectivity index (χ2v) is 5.70. The Morgan fingerprint density at radius 3 is 2.64 bits per heavy atom. The topological polar surface area (TPSA) is 19.4 Å². The lowest BCUT2D eigenvalue weighted by Crippen LogP contribution is -2.28. The maximum Gasteiger partial charge on any atom is 0.416 e. The van der Waals surface area contributed by atoms with Crippen LogP contribution in [0.15, 0.2) is 30.5 Å². The van der Waals surface area contributed by atoms with Crippen molar-refractivity contribution in [2.75, 3.05) is 38.1 Å². The Kier molecular flexibility index (Phi) is 3.95. The average Bonchev–Trinajstić information content (AvgIpc) is 2.70. The normalized spacial score (nSPS) is 17.7. The Morgan fingerprint density at radius 1 is 1.05 bits per heavy atom. The van der Waals surface area contributed by atoms with E-state index in [0.29, 0.717) is 5.52 Å². The van der Waals surface area contributed by atoms with Crippen molar-refractivity contribution in [2.45, 2.75) is 12.6 Å². The quantitative estimate of drug-likeness (QED) is 0.805. The van der Waals surface area contributed by atoms with Crippen LogP contribution in [0, 0.1) is 0 Å². The summed E-state index contributed by atoms with van der Waals surface area (Å²) in [7, 11) is 2.09. The summed E-state index contributed by atoms with van der Waals surface area (Å²) in [5.41, 5.74) is 0.708. The Labute approximate surface area is 127 Å². The number of halogens is 3. The van der Waals surface area contributed by atoms with Crippen LogP contribution < -0.4 is 4.90 Å². The highest BCUT2D eigenvalue weighted by molar-refractivity contribution is 5.92. The Bertz CT molecular complexity index is 669. The zero-order chi connectivity index (χ0) is 15.7. The van der Waals surface area contributed by atoms with Crippen molar-refractivity contribution in [3.63, 3.8) is 0 Å². The molecule has 3 rings (SSSR count). The molecule has 0 radical (unpaired) electrons. The fourth-order valence-corrected chi connectivity index (χ4v) is 2.87. The van der Waals surface area contributed by atoms with Crippen LogP contribution in [0.4, 0.5) is 18.9 Å². The van der Waals surface area contributed by atoms with E-state index in [0.717, 1.165) is 55.8 Å². The molecule has 0 atom stereocenters. The van der Waals surface area contributed by atoms with Crippen molar-refractivity contribution in [1.82, 2.24) is 9.88 Å². The highest BCUT2D eigenvalue weighted by Crippen LogP contribution is 2.33. The van der Waals surface area contributed by atoms with Crippen LogP contribution in [0.3, 0.4) is 0 Å². The molecule has 1 aliphatic heterocycles. The van der Waals surface area contributed by atoms with Crippen molar-refractivity contribution >= 4 is 16.6 Å². The maximum atomic E-state index is 12.8. The molecule has 22 heavy (non-hydrogen) atoms. The third-order valence-electron chi connectivity index (χ3n) is 4.11. The van der Waals surface area contributed by atoms with Gasteiger partial charge in [-0.15, -0.1) is 0 Å². The average molecular weight is 309 g/mol. The molecule has 2 heterocycles. The van der Waals surface area contributed by atoms with Crippen LogP contribution in [-0.4, -0.2) is 43.1 Å². The summed E-state index contributed by atoms with van der Waals surface area (Å²) in [5, 5.41) is 0.778. The van der Waals surface area contributed by atoms with E-state index in [1.807, 2.05) is 6.07 Å². The predicted octanol–water partition coefficient (Wildman–Crippen LogP) is 3.40. The van der Waals surface area contributed by atoms with Crippen LogP contribution in [0.1, 0.15) is 12.0 Å². The first kappa shape index (κ1) is 15.1. The number of likely N-dealkylation sites (N-methyl/N-ethyl adjacent to an activating group) is 1. The predicted molar refractivity (Wildman–Crippen MR) is 81.1 cm³/mol. The van der Waals surface area contributed by atoms with E-state index in [-0.39, 0.29) is 0 Å². The minimum atomic E-state index is -4.34. The molecule has 1 fully saturated rings. The minimum Gasteiger partial charge on any atom is -0.370 e. The number of pyridine rings is 1. The van der Waals surface area contributed by atoms with Gasteiger partial charge in [0.2, 0.25) is 0 Å². The highest BCUT2D eigenvalue weighted by atomic mass is 19.4. The minimum absolute atomic E-state index is 0.393. The molecule has 1 aliphatic rings. The molecule has 0 bridgehead atoms. The summed E-state index contributed by atoms with van der Waals surface area (Å²) >= 11 is 0. The van der Waals surface area contributed by atoms with Gasteiger partial charge in [0.15, 0.2) is 0 Å². The lowest BCUT2D eigenvalue weighted by Gasteiger charge is -2.24. The number of alkyl halides is 3. The van der Waals surface area contributed by atoms with E-state index in [1.165, 1.54) is 6.07 Å². The molecule has 0 amide bonds. The number of anilines is 1. The molecule has 0 unspecified atom stereocenters. The fraction of sp³-hybridized carbons (Fsp3) is 0.438. The van der Waals surface area contributed by atoms with Gasteiger partial charge in [-0.1, -0.05) is 6.07 Å². The van der Waals surface area contributed by atoms with Crippen molar-refractivity contribution in [3.05, 3.63) is 36.0 Å². The second-order valence-electron chi connectivity index (χ2n) is 5.70. The summed E-state index contributed by atoms with van der Waals surface area (Å²) in [5.74, 6) is 0. The van der Waals surface area contributed by atoms with E-state index < -0.39 is 11.7 Å². The van der Waals surface area contributed by atoms with Gasteiger partial charge in [0, 0.05) is 36.9 Å². The molecular formula is C16H18F3N3. The lowest BCUT2D eigenvalue weighted by molar-refractivity contribution is -0.137. The molecule has 118 valence electrons. The van der Waals surface area contributed by atoms with Gasteiger partial charge in [0.05, 0.1) is 11.1 Å². The smallest absolute Gasteiger partial charge is 0.370 e. The van der Waals surface area contributed by atoms with Crippen LogP contribution in [0.5, 0.6) is 0 Å². The molecule has 1 aromatic heterocycles. The molecule has 0 spiro atoms. The second kappa shape index (κ2) is 5.76. The van der Waals surface area contributed by atoms with Crippen molar-refractivity contribution in [2.24, 2.45) is 0 Å². The first-order chi connectivity index (χ1) is 10.4. The Hall–Kier alpha value is -1.82. The van der Waals surface area contributed by atoms with Gasteiger partial charge in [0.25, 0.3) is 0 Å². The summed E-state index contributed by atoms with van der Waals surface area (Å²) in [6.07, 6.45) is -1.70. The van der Waals surface area contributed by atoms with Gasteiger partial charge in [-0.25, -0.2) is 0 Å². The zero-order valence-corrected chi connectivity index (χ0v) is 12.4. The third kappa shape index (κ3) is 3.02. The first-order valence-corrected chi connectivity index (χ1v) is 7.34. The molecular weight excluding hydrogens is 291 g/mol. The van der Waals surface area contributed by atoms with Gasteiger partial charge in [-0.2, -0.15) is 13.2 Å². The molecule has 6 heteroatoms. The Morgan fingerprint density at radius 2 is 1.86 bits per heavy atom. The molecule has 1 saturated heterocycles. The third-order valence-corrected chi connectivity index (χ3v) is 4.11. The first-order valence-electron chi connectivity index (χ1n) is 7.34. The summed E-state index contributed by atoms with van der Waals surface area (Å²) < 4.78 is 38.5. The van der Waals surface area contributed by atoms with Crippen LogP contribution in [0.25, 0.3) is 10.9 Å². The van der Waals surface area contributed by atoms with Crippen molar-refractivity contribution < 1.29 is 13.2 Å². The molecule has 0 N–H and O–H groups in total. The van der Waals surface area contributed by atoms with E-state index in [4.69, 9.17) is 0 Å². The summed E-state index contributed by atoms with van der Waals surface area (Å²) in [6, 6.07) is 5.69. The van der Waals surface area contributed by atoms with Gasteiger partial charge in [-0.3, -0.25) is 4.98 Å². The molecule has 3 nitrogen and oxygen atoms in total. The number of hydrogen-bond donors (Lipinski definition) is 0. The van der Waals surface area contributed by atoms with E-state index in [9.17, 15) is 13.2 Å². The number of aromatic nitrogens is 1. The number of hydrogen-bond acceptors (Lipinski definition) is 3. The Balaban J connectivity index is 2.00. The molecule has 2 aromatic rings. The lowest BCUT2D eigenvalue weighted by atomic mass is 10.1. The van der Waals surface area contributed by atoms with Crippen LogP contribution >= 0.6 is 0 Å². The molecule has 0 saturated carbocycles. The van der Waals surface area contributed by atoms with Gasteiger partial charge < -0.3 is 9.80 Å². The van der Waals surface area contributed by atoms with Crippen LogP contribution in [-0.2, 0) is 6.18 Å². The highest BCUT2D eigenvalue weighted by Gasteiger charge is 2.30. The molecule has 0 aliphatic carbocycles. The largest absolute Gasteiger partial charge is 0.416 e. The van der Waals surface area contributed by atoms with E-state index >= 15 is 0 Å². The number of fused-ring (bicyclic) bond motifs is 1. The number of nitrogens with zero attached hydrogens (tertiary/aromatic N) is 3. The van der Waals surface area contributed by atoms with Crippen LogP contribution in [0.2, 0.25) is 0 Å². The van der Waals surface area contributed by atoms with E-state index in [2.05, 4.69) is 21.8 Å². The summed E-state index contributed by atoms with van der Waals surface area (Å²) in [6.45, 7) is 3.77. The number of benzene rings is 1. The van der Waals surface area contributed by atoms with Gasteiger partial charge >= 0.3 is 6.18 Å². The van der Waals surface area contributed by atoms with Crippen molar-refractivity contribution in [3.8, 4) is 0 Å². The van der Waals surface area contributed by atoms with E-state index in [1.54, 1.807) is 6.20 Å². The number of rotatable bonds is 1.